The summed E-state index contributed by atoms with van der Waals surface area (Å²) in [5, 5.41) is 18.6. The quantitative estimate of drug-likeness (QED) is 0.0964. The van der Waals surface area contributed by atoms with Gasteiger partial charge in [-0.25, -0.2) is 0 Å². The molecule has 2 nitrogen and oxygen atoms in total. The van der Waals surface area contributed by atoms with Crippen molar-refractivity contribution in [1.29, 1.82) is 0 Å². The van der Waals surface area contributed by atoms with Gasteiger partial charge in [0, 0.05) is 21.9 Å². The Morgan fingerprint density at radius 3 is 1.08 bits per heavy atom. The first-order valence-corrected chi connectivity index (χ1v) is 18.2. The number of unbranched alkanes of at least 4 members (excludes halogenated alkanes) is 1. The number of hydrogen-bond donors (Lipinski definition) is 0. The Labute approximate surface area is 300 Å². The van der Waals surface area contributed by atoms with Crippen molar-refractivity contribution in [3.05, 3.63) is 168 Å². The highest BCUT2D eigenvalue weighted by Gasteiger charge is 2.15. The lowest BCUT2D eigenvalue weighted by atomic mass is 9.89. The first kappa shape index (κ1) is 30.4. The van der Waals surface area contributed by atoms with Gasteiger partial charge in [-0.05, 0) is 112 Å². The largest absolute Gasteiger partial charge is 0.298 e. The lowest BCUT2D eigenvalue weighted by Gasteiger charge is -2.14. The first-order chi connectivity index (χ1) is 25.7. The third-order valence-electron chi connectivity index (χ3n) is 11.4. The van der Waals surface area contributed by atoms with Crippen LogP contribution in [0.4, 0.5) is 0 Å². The zero-order valence-corrected chi connectivity index (χ0v) is 28.7. The van der Waals surface area contributed by atoms with Gasteiger partial charge in [0.2, 0.25) is 0 Å². The zero-order chi connectivity index (χ0) is 34.8. The van der Waals surface area contributed by atoms with Gasteiger partial charge < -0.3 is 0 Å². The highest BCUT2D eigenvalue weighted by Crippen LogP contribution is 2.38. The van der Waals surface area contributed by atoms with E-state index in [-0.39, 0.29) is 0 Å². The first-order valence-electron chi connectivity index (χ1n) is 18.2. The van der Waals surface area contributed by atoms with Crippen LogP contribution in [0.15, 0.2) is 146 Å². The molecule has 0 atom stereocenters. The van der Waals surface area contributed by atoms with Crippen LogP contribution in [-0.4, -0.2) is 12.6 Å². The average molecular weight is 667 g/mol. The Morgan fingerprint density at radius 1 is 0.308 bits per heavy atom. The van der Waals surface area contributed by atoms with E-state index >= 15 is 0 Å². The number of rotatable bonds is 7. The summed E-state index contributed by atoms with van der Waals surface area (Å²) in [6.45, 7) is 0. The van der Waals surface area contributed by atoms with Crippen molar-refractivity contribution in [3.63, 3.8) is 0 Å². The summed E-state index contributed by atoms with van der Waals surface area (Å²) in [6, 6.07) is 51.9. The van der Waals surface area contributed by atoms with Crippen LogP contribution in [0.5, 0.6) is 0 Å². The van der Waals surface area contributed by atoms with Crippen LogP contribution in [0.2, 0.25) is 0 Å². The van der Waals surface area contributed by atoms with E-state index in [1.165, 1.54) is 53.9 Å². The lowest BCUT2D eigenvalue weighted by Crippen LogP contribution is -1.99. The maximum absolute atomic E-state index is 12.8. The van der Waals surface area contributed by atoms with Crippen molar-refractivity contribution in [2.45, 2.75) is 25.7 Å². The molecule has 2 heteroatoms. The van der Waals surface area contributed by atoms with Crippen molar-refractivity contribution in [3.8, 4) is 0 Å². The molecule has 10 aromatic carbocycles. The summed E-state index contributed by atoms with van der Waals surface area (Å²) in [4.78, 5) is 25.6. The number of carbonyl (C=O) groups excluding carboxylic acids is 2. The molecule has 0 amide bonds. The fraction of sp³-hybridized carbons (Fsp3) is 0.0800. The number of aldehydes is 2. The molecule has 0 saturated carbocycles. The number of aryl methyl sites for hydroxylation is 2. The minimum Gasteiger partial charge on any atom is -0.298 e. The predicted molar refractivity (Wildman–Crippen MR) is 220 cm³/mol. The molecule has 10 rings (SSSR count). The molecule has 0 aliphatic rings. The van der Waals surface area contributed by atoms with Crippen LogP contribution in [0.1, 0.15) is 44.7 Å². The standard InChI is InChI=1S/C50H34O2/c51-29-47-33(13-15-35-19-23-43-41-21-17-31-7-3-5-11-37(31)39(41)25-27-45(43)49(35)47)9-1-2-10-34-14-16-36-20-24-44-42-22-18-32-8-4-6-12-38(32)40(42)26-28-46(44)50(36)48(34)30-52/h3-8,11-30H,1-2,9-10H2. The van der Waals surface area contributed by atoms with Crippen LogP contribution in [-0.2, 0) is 12.8 Å². The fourth-order valence-corrected chi connectivity index (χ4v) is 8.94. The van der Waals surface area contributed by atoms with Gasteiger partial charge in [0.1, 0.15) is 0 Å². The molecule has 10 aromatic rings. The Morgan fingerprint density at radius 2 is 0.635 bits per heavy atom. The maximum atomic E-state index is 12.8. The van der Waals surface area contributed by atoms with Gasteiger partial charge in [0.15, 0.2) is 12.6 Å². The number of hydrogen-bond acceptors (Lipinski definition) is 2. The van der Waals surface area contributed by atoms with E-state index in [9.17, 15) is 9.59 Å². The van der Waals surface area contributed by atoms with Gasteiger partial charge in [0.05, 0.1) is 0 Å². The number of benzene rings is 10. The van der Waals surface area contributed by atoms with Crippen LogP contribution < -0.4 is 0 Å². The molecular weight excluding hydrogens is 633 g/mol. The summed E-state index contributed by atoms with van der Waals surface area (Å²) in [7, 11) is 0. The van der Waals surface area contributed by atoms with Crippen molar-refractivity contribution in [2.24, 2.45) is 0 Å². The Balaban J connectivity index is 0.977. The van der Waals surface area contributed by atoms with Gasteiger partial charge >= 0.3 is 0 Å². The van der Waals surface area contributed by atoms with Crippen molar-refractivity contribution >= 4 is 98.8 Å². The second-order valence-corrected chi connectivity index (χ2v) is 14.1. The highest BCUT2D eigenvalue weighted by atomic mass is 16.1. The smallest absolute Gasteiger partial charge is 0.150 e. The molecule has 0 heterocycles. The summed E-state index contributed by atoms with van der Waals surface area (Å²) in [6.07, 6.45) is 5.52. The zero-order valence-electron chi connectivity index (χ0n) is 28.7. The van der Waals surface area contributed by atoms with Crippen LogP contribution >= 0.6 is 0 Å². The van der Waals surface area contributed by atoms with Gasteiger partial charge in [-0.15, -0.1) is 0 Å². The molecule has 0 bridgehead atoms. The Kier molecular flexibility index (Phi) is 7.11. The Bertz CT molecular complexity index is 2900. The van der Waals surface area contributed by atoms with Gasteiger partial charge in [0.25, 0.3) is 0 Å². The SMILES string of the molecule is O=Cc1c(CCCCc2ccc3ccc4c5ccc6ccccc6c5ccc4c3c2C=O)ccc2ccc3c4ccc5ccccc5c4ccc3c12. The molecule has 0 saturated heterocycles. The summed E-state index contributed by atoms with van der Waals surface area (Å²) in [5.41, 5.74) is 3.73. The summed E-state index contributed by atoms with van der Waals surface area (Å²) in [5.74, 6) is 0. The monoisotopic (exact) mass is 666 g/mol. The predicted octanol–water partition coefficient (Wildman–Crippen LogP) is 13.1. The van der Waals surface area contributed by atoms with Crippen LogP contribution in [0, 0.1) is 0 Å². The van der Waals surface area contributed by atoms with Gasteiger partial charge in [-0.1, -0.05) is 146 Å². The van der Waals surface area contributed by atoms with E-state index in [4.69, 9.17) is 0 Å². The maximum Gasteiger partial charge on any atom is 0.150 e. The molecule has 0 spiro atoms. The van der Waals surface area contributed by atoms with Crippen LogP contribution in [0.3, 0.4) is 0 Å². The fourth-order valence-electron chi connectivity index (χ4n) is 8.94. The van der Waals surface area contributed by atoms with E-state index in [1.54, 1.807) is 0 Å². The molecule has 0 aromatic heterocycles. The van der Waals surface area contributed by atoms with Crippen molar-refractivity contribution in [2.75, 3.05) is 0 Å². The summed E-state index contributed by atoms with van der Waals surface area (Å²) >= 11 is 0. The van der Waals surface area contributed by atoms with Crippen LogP contribution in [0.25, 0.3) is 86.2 Å². The van der Waals surface area contributed by atoms with Gasteiger partial charge in [-0.3, -0.25) is 9.59 Å². The summed E-state index contributed by atoms with van der Waals surface area (Å²) < 4.78 is 0. The minimum atomic E-state index is 0.786. The molecular formula is C50H34O2. The molecule has 246 valence electrons. The van der Waals surface area contributed by atoms with E-state index in [2.05, 4.69) is 146 Å². The van der Waals surface area contributed by atoms with E-state index in [0.717, 1.165) is 92.8 Å². The van der Waals surface area contributed by atoms with Crippen molar-refractivity contribution in [1.82, 2.24) is 0 Å². The van der Waals surface area contributed by atoms with Crippen molar-refractivity contribution < 1.29 is 9.59 Å². The lowest BCUT2D eigenvalue weighted by molar-refractivity contribution is 0.111. The average Bonchev–Trinajstić information content (AvgIpc) is 3.21. The third kappa shape index (κ3) is 4.64. The number of carbonyl (C=O) groups is 2. The molecule has 52 heavy (non-hydrogen) atoms. The molecule has 0 aliphatic heterocycles. The highest BCUT2D eigenvalue weighted by molar-refractivity contribution is 6.25. The normalized spacial score (nSPS) is 11.9. The van der Waals surface area contributed by atoms with E-state index in [0.29, 0.717) is 0 Å². The molecule has 0 unspecified atom stereocenters. The molecule has 0 N–H and O–H groups in total. The minimum absolute atomic E-state index is 0.786. The molecule has 0 fully saturated rings. The van der Waals surface area contributed by atoms with E-state index < -0.39 is 0 Å². The number of fused-ring (bicyclic) bond motifs is 14. The second kappa shape index (κ2) is 12.1. The van der Waals surface area contributed by atoms with E-state index in [1.807, 2.05) is 0 Å². The third-order valence-corrected chi connectivity index (χ3v) is 11.4. The second-order valence-electron chi connectivity index (χ2n) is 14.1. The molecule has 0 radical (unpaired) electrons. The Hall–Kier alpha value is -6.38. The molecule has 0 aliphatic carbocycles. The topological polar surface area (TPSA) is 34.1 Å². The van der Waals surface area contributed by atoms with Gasteiger partial charge in [-0.2, -0.15) is 0 Å².